The molecule has 4 heteroatoms. The molecule has 2 aliphatic rings. The summed E-state index contributed by atoms with van der Waals surface area (Å²) in [5.74, 6) is -2.24. The maximum Gasteiger partial charge on any atom is 0.348 e. The van der Waals surface area contributed by atoms with Crippen LogP contribution in [0.25, 0.3) is 0 Å². The average molecular weight is 212 g/mol. The molecule has 0 amide bonds. The highest BCUT2D eigenvalue weighted by molar-refractivity contribution is 6.14. The minimum absolute atomic E-state index is 0.211. The molecule has 0 bridgehead atoms. The fraction of sp³-hybridized carbons (Fsp3) is 0.636. The summed E-state index contributed by atoms with van der Waals surface area (Å²) in [5, 5.41) is 0. The third kappa shape index (κ3) is 2.19. The molecule has 0 aromatic rings. The molecule has 1 aliphatic carbocycles. The van der Waals surface area contributed by atoms with Crippen molar-refractivity contribution < 1.29 is 19.1 Å². The summed E-state index contributed by atoms with van der Waals surface area (Å²) >= 11 is 0. The van der Waals surface area contributed by atoms with Gasteiger partial charge in [0.1, 0.15) is 5.57 Å². The minimum atomic E-state index is -0.963. The van der Waals surface area contributed by atoms with Crippen LogP contribution in [0, 0.1) is 0 Å². The first-order chi connectivity index (χ1) is 7.13. The second kappa shape index (κ2) is 4.47. The zero-order chi connectivity index (χ0) is 11.5. The van der Waals surface area contributed by atoms with Crippen LogP contribution in [0.4, 0.5) is 0 Å². The molecule has 2 fully saturated rings. The molecular formula is C11H16O4. The Hall–Kier alpha value is -1.32. The van der Waals surface area contributed by atoms with Crippen molar-refractivity contribution in [3.63, 3.8) is 0 Å². The zero-order valence-electron chi connectivity index (χ0n) is 9.17. The van der Waals surface area contributed by atoms with E-state index in [1.54, 1.807) is 0 Å². The van der Waals surface area contributed by atoms with Gasteiger partial charge in [-0.15, -0.1) is 0 Å². The maximum absolute atomic E-state index is 11.1. The lowest BCUT2D eigenvalue weighted by atomic mass is 10.2. The summed E-state index contributed by atoms with van der Waals surface area (Å²) in [6, 6.07) is 0. The van der Waals surface area contributed by atoms with Gasteiger partial charge < -0.3 is 9.47 Å². The summed E-state index contributed by atoms with van der Waals surface area (Å²) in [4.78, 5) is 22.3. The van der Waals surface area contributed by atoms with E-state index in [9.17, 15) is 9.59 Å². The summed E-state index contributed by atoms with van der Waals surface area (Å²) in [6.07, 6.45) is 3.07. The van der Waals surface area contributed by atoms with Crippen LogP contribution >= 0.6 is 0 Å². The maximum atomic E-state index is 11.1. The number of rotatable bonds is 0. The van der Waals surface area contributed by atoms with E-state index in [0.717, 1.165) is 12.8 Å². The van der Waals surface area contributed by atoms with Crippen LogP contribution in [-0.4, -0.2) is 17.7 Å². The van der Waals surface area contributed by atoms with Crippen molar-refractivity contribution in [3.8, 4) is 0 Å². The fourth-order valence-electron chi connectivity index (χ4n) is 1.68. The van der Waals surface area contributed by atoms with E-state index in [4.69, 9.17) is 9.47 Å². The van der Waals surface area contributed by atoms with Crippen LogP contribution in [0.2, 0.25) is 0 Å². The molecule has 0 N–H and O–H groups in total. The van der Waals surface area contributed by atoms with E-state index in [1.165, 1.54) is 0 Å². The summed E-state index contributed by atoms with van der Waals surface area (Å²) in [6.45, 7) is 7.28. The standard InChI is InChI=1S/C9H10O4.C2H6/c1-6-7(10)12-9(13-8(6)11)4-2-3-5-9;1-2/h1-5H2;1-2H3. The van der Waals surface area contributed by atoms with Gasteiger partial charge >= 0.3 is 11.9 Å². The molecule has 4 nitrogen and oxygen atoms in total. The van der Waals surface area contributed by atoms with E-state index >= 15 is 0 Å². The third-order valence-electron chi connectivity index (χ3n) is 2.42. The van der Waals surface area contributed by atoms with Crippen molar-refractivity contribution in [2.75, 3.05) is 0 Å². The molecular weight excluding hydrogens is 196 g/mol. The molecule has 1 heterocycles. The number of carbonyl (C=O) groups excluding carboxylic acids is 2. The first-order valence-corrected chi connectivity index (χ1v) is 5.29. The van der Waals surface area contributed by atoms with Gasteiger partial charge in [-0.05, 0) is 12.8 Å². The van der Waals surface area contributed by atoms with Gasteiger partial charge in [0, 0.05) is 12.8 Å². The number of hydrogen-bond donors (Lipinski definition) is 0. The topological polar surface area (TPSA) is 52.6 Å². The minimum Gasteiger partial charge on any atom is -0.419 e. The second-order valence-electron chi connectivity index (χ2n) is 3.38. The van der Waals surface area contributed by atoms with Crippen LogP contribution < -0.4 is 0 Å². The van der Waals surface area contributed by atoms with Crippen molar-refractivity contribution in [2.24, 2.45) is 0 Å². The van der Waals surface area contributed by atoms with Crippen molar-refractivity contribution in [3.05, 3.63) is 12.2 Å². The lowest BCUT2D eigenvalue weighted by Gasteiger charge is -2.32. The van der Waals surface area contributed by atoms with E-state index in [2.05, 4.69) is 6.58 Å². The monoisotopic (exact) mass is 212 g/mol. The predicted octanol–water partition coefficient (Wildman–Crippen LogP) is 1.94. The van der Waals surface area contributed by atoms with Gasteiger partial charge in [0.25, 0.3) is 5.79 Å². The van der Waals surface area contributed by atoms with Crippen molar-refractivity contribution in [1.29, 1.82) is 0 Å². The smallest absolute Gasteiger partial charge is 0.348 e. The van der Waals surface area contributed by atoms with Crippen molar-refractivity contribution in [1.82, 2.24) is 0 Å². The average Bonchev–Trinajstić information content (AvgIpc) is 2.66. The fourth-order valence-corrected chi connectivity index (χ4v) is 1.68. The first-order valence-electron chi connectivity index (χ1n) is 5.29. The molecule has 1 spiro atoms. The summed E-state index contributed by atoms with van der Waals surface area (Å²) < 4.78 is 10.1. The molecule has 0 aromatic carbocycles. The Morgan fingerprint density at radius 1 is 1.07 bits per heavy atom. The van der Waals surface area contributed by atoms with Gasteiger partial charge in [-0.1, -0.05) is 20.4 Å². The van der Waals surface area contributed by atoms with E-state index in [-0.39, 0.29) is 5.57 Å². The van der Waals surface area contributed by atoms with E-state index < -0.39 is 17.7 Å². The molecule has 0 radical (unpaired) electrons. The first kappa shape index (κ1) is 11.8. The molecule has 1 aliphatic heterocycles. The Morgan fingerprint density at radius 3 is 1.87 bits per heavy atom. The zero-order valence-corrected chi connectivity index (χ0v) is 9.17. The Balaban J connectivity index is 0.000000531. The van der Waals surface area contributed by atoms with Gasteiger partial charge in [-0.3, -0.25) is 0 Å². The van der Waals surface area contributed by atoms with Crippen molar-refractivity contribution in [2.45, 2.75) is 45.3 Å². The summed E-state index contributed by atoms with van der Waals surface area (Å²) in [7, 11) is 0. The van der Waals surface area contributed by atoms with Gasteiger partial charge in [-0.2, -0.15) is 0 Å². The number of hydrogen-bond acceptors (Lipinski definition) is 4. The highest BCUT2D eigenvalue weighted by atomic mass is 16.7. The van der Waals surface area contributed by atoms with E-state index in [1.807, 2.05) is 13.8 Å². The molecule has 0 unspecified atom stereocenters. The molecule has 0 atom stereocenters. The van der Waals surface area contributed by atoms with E-state index in [0.29, 0.717) is 12.8 Å². The van der Waals surface area contributed by atoms with Gasteiger partial charge in [0.2, 0.25) is 0 Å². The Labute approximate surface area is 89.2 Å². The predicted molar refractivity (Wildman–Crippen MR) is 53.9 cm³/mol. The van der Waals surface area contributed by atoms with Crippen LogP contribution in [0.15, 0.2) is 12.2 Å². The number of esters is 2. The molecule has 1 saturated carbocycles. The van der Waals surface area contributed by atoms with Crippen LogP contribution in [0.1, 0.15) is 39.5 Å². The quantitative estimate of drug-likeness (QED) is 0.350. The number of carbonyl (C=O) groups is 2. The Kier molecular flexibility index (Phi) is 3.50. The van der Waals surface area contributed by atoms with Crippen LogP contribution in [-0.2, 0) is 19.1 Å². The van der Waals surface area contributed by atoms with Crippen LogP contribution in [0.5, 0.6) is 0 Å². The second-order valence-corrected chi connectivity index (χ2v) is 3.38. The lowest BCUT2D eigenvalue weighted by Crippen LogP contribution is -2.44. The van der Waals surface area contributed by atoms with Crippen molar-refractivity contribution >= 4 is 11.9 Å². The molecule has 1 saturated heterocycles. The van der Waals surface area contributed by atoms with Gasteiger partial charge in [-0.25, -0.2) is 9.59 Å². The molecule has 15 heavy (non-hydrogen) atoms. The summed E-state index contributed by atoms with van der Waals surface area (Å²) in [5.41, 5.74) is -0.211. The van der Waals surface area contributed by atoms with Gasteiger partial charge in [0.15, 0.2) is 0 Å². The highest BCUT2D eigenvalue weighted by Crippen LogP contribution is 2.37. The largest absolute Gasteiger partial charge is 0.419 e. The number of ether oxygens (including phenoxy) is 2. The SMILES string of the molecule is C=C1C(=O)OC2(CCCC2)OC1=O.CC. The molecule has 84 valence electrons. The lowest BCUT2D eigenvalue weighted by molar-refractivity contribution is -0.232. The Morgan fingerprint density at radius 2 is 1.47 bits per heavy atom. The normalized spacial score (nSPS) is 22.9. The van der Waals surface area contributed by atoms with Gasteiger partial charge in [0.05, 0.1) is 0 Å². The third-order valence-corrected chi connectivity index (χ3v) is 2.42. The highest BCUT2D eigenvalue weighted by Gasteiger charge is 2.47. The van der Waals surface area contributed by atoms with Crippen LogP contribution in [0.3, 0.4) is 0 Å². The molecule has 2 rings (SSSR count). The molecule has 0 aromatic heterocycles. The Bertz CT molecular complexity index is 265.